The monoisotopic (exact) mass is 495 g/mol. The third-order valence-corrected chi connectivity index (χ3v) is 6.39. The molecule has 0 fully saturated rings. The summed E-state index contributed by atoms with van der Waals surface area (Å²) < 4.78 is 0. The Bertz CT molecular complexity index is 1240. The van der Waals surface area contributed by atoms with Crippen molar-refractivity contribution in [2.45, 2.75) is 25.1 Å². The molecule has 2 unspecified atom stereocenters. The third-order valence-electron chi connectivity index (χ3n) is 5.89. The summed E-state index contributed by atoms with van der Waals surface area (Å²) >= 11 is 11.9. The van der Waals surface area contributed by atoms with Gasteiger partial charge in [0, 0.05) is 33.1 Å². The fraction of sp³-hybridized carbons (Fsp3) is 0.154. The number of aliphatic hydroxyl groups is 1. The molecule has 0 aliphatic carbocycles. The number of hydrogen-bond donors (Lipinski definition) is 3. The summed E-state index contributed by atoms with van der Waals surface area (Å²) in [6, 6.07) is 18.2. The maximum absolute atomic E-state index is 12.9. The maximum Gasteiger partial charge on any atom is 0.244 e. The van der Waals surface area contributed by atoms with Crippen LogP contribution in [0.4, 0.5) is 5.69 Å². The minimum atomic E-state index is -1.15. The number of fused-ring (bicyclic) bond motifs is 1. The van der Waals surface area contributed by atoms with E-state index in [-0.39, 0.29) is 5.91 Å². The number of primary amides is 1. The molecule has 0 radical (unpaired) electrons. The molecule has 3 aromatic rings. The zero-order valence-corrected chi connectivity index (χ0v) is 19.8. The molecule has 0 bridgehead atoms. The van der Waals surface area contributed by atoms with Crippen LogP contribution in [-0.2, 0) is 9.59 Å². The van der Waals surface area contributed by atoms with E-state index < -0.39 is 24.1 Å². The van der Waals surface area contributed by atoms with Gasteiger partial charge in [-0.25, -0.2) is 0 Å². The predicted molar refractivity (Wildman–Crippen MR) is 134 cm³/mol. The first-order valence-electron chi connectivity index (χ1n) is 10.6. The van der Waals surface area contributed by atoms with Crippen molar-refractivity contribution in [1.29, 1.82) is 0 Å². The molecule has 8 heteroatoms. The second-order valence-corrected chi connectivity index (χ2v) is 8.94. The van der Waals surface area contributed by atoms with Crippen LogP contribution in [0.15, 0.2) is 72.9 Å². The van der Waals surface area contributed by atoms with Crippen molar-refractivity contribution < 1.29 is 14.7 Å². The number of halogens is 2. The number of rotatable bonds is 6. The first-order valence-corrected chi connectivity index (χ1v) is 11.4. The molecule has 0 aromatic heterocycles. The lowest BCUT2D eigenvalue weighted by atomic mass is 9.96. The van der Waals surface area contributed by atoms with Gasteiger partial charge in [-0.05, 0) is 54.5 Å². The lowest BCUT2D eigenvalue weighted by Crippen LogP contribution is -2.38. The number of aliphatic hydroxyl groups excluding tert-OH is 1. The summed E-state index contributed by atoms with van der Waals surface area (Å²) in [6.07, 6.45) is 2.20. The van der Waals surface area contributed by atoms with Crippen molar-refractivity contribution in [3.05, 3.63) is 105 Å². The summed E-state index contributed by atoms with van der Waals surface area (Å²) in [5.74, 6) is -1.22. The van der Waals surface area contributed by atoms with Crippen LogP contribution >= 0.6 is 23.2 Å². The number of amides is 2. The predicted octanol–water partition coefficient (Wildman–Crippen LogP) is 5.24. The number of hydrogen-bond acceptors (Lipinski definition) is 4. The number of carbonyl (C=O) groups excluding carboxylic acids is 2. The SMILES string of the molecule is C[C@H](C(=O)Nc1cccc2c1C=CN(C(C(N)=O)c1ccc(Cl)cc1)C2O)c1ccc(Cl)cc1. The minimum absolute atomic E-state index is 0.197. The van der Waals surface area contributed by atoms with Gasteiger partial charge in [0.1, 0.15) is 6.04 Å². The number of anilines is 1. The van der Waals surface area contributed by atoms with Gasteiger partial charge in [0.15, 0.2) is 6.23 Å². The van der Waals surface area contributed by atoms with Crippen LogP contribution in [0, 0.1) is 0 Å². The van der Waals surface area contributed by atoms with Crippen LogP contribution in [0.25, 0.3) is 6.08 Å². The van der Waals surface area contributed by atoms with Gasteiger partial charge in [0.05, 0.1) is 5.92 Å². The lowest BCUT2D eigenvalue weighted by molar-refractivity contribution is -0.126. The van der Waals surface area contributed by atoms with E-state index >= 15 is 0 Å². The van der Waals surface area contributed by atoms with Crippen LogP contribution in [0.1, 0.15) is 47.4 Å². The fourth-order valence-corrected chi connectivity index (χ4v) is 4.26. The molecule has 4 N–H and O–H groups in total. The van der Waals surface area contributed by atoms with Gasteiger partial charge < -0.3 is 21.1 Å². The fourth-order valence-electron chi connectivity index (χ4n) is 4.01. The molecule has 1 aliphatic rings. The molecule has 34 heavy (non-hydrogen) atoms. The lowest BCUT2D eigenvalue weighted by Gasteiger charge is -2.36. The van der Waals surface area contributed by atoms with Crippen molar-refractivity contribution in [1.82, 2.24) is 4.90 Å². The van der Waals surface area contributed by atoms with Gasteiger partial charge in [0.25, 0.3) is 0 Å². The summed E-state index contributed by atoms with van der Waals surface area (Å²) in [7, 11) is 0. The largest absolute Gasteiger partial charge is 0.369 e. The Kier molecular flexibility index (Phi) is 6.93. The van der Waals surface area contributed by atoms with E-state index in [2.05, 4.69) is 5.32 Å². The van der Waals surface area contributed by atoms with Crippen molar-refractivity contribution in [2.75, 3.05) is 5.32 Å². The topological polar surface area (TPSA) is 95.7 Å². The Labute approximate surface area is 207 Å². The molecule has 174 valence electrons. The second-order valence-electron chi connectivity index (χ2n) is 8.06. The minimum Gasteiger partial charge on any atom is -0.369 e. The Morgan fingerprint density at radius 2 is 1.56 bits per heavy atom. The summed E-state index contributed by atoms with van der Waals surface area (Å²) in [6.45, 7) is 1.81. The normalized spacial score (nSPS) is 16.5. The van der Waals surface area contributed by atoms with E-state index in [1.807, 2.05) is 19.1 Å². The highest BCUT2D eigenvalue weighted by atomic mass is 35.5. The van der Waals surface area contributed by atoms with Crippen LogP contribution in [0.3, 0.4) is 0 Å². The quantitative estimate of drug-likeness (QED) is 0.435. The van der Waals surface area contributed by atoms with E-state index in [1.54, 1.807) is 66.9 Å². The van der Waals surface area contributed by atoms with E-state index in [9.17, 15) is 14.7 Å². The van der Waals surface area contributed by atoms with Crippen molar-refractivity contribution >= 4 is 46.8 Å². The summed E-state index contributed by atoms with van der Waals surface area (Å²) in [5, 5.41) is 15.2. The zero-order valence-electron chi connectivity index (χ0n) is 18.3. The smallest absolute Gasteiger partial charge is 0.244 e. The number of nitrogens with one attached hydrogen (secondary N) is 1. The molecule has 0 saturated carbocycles. The van der Waals surface area contributed by atoms with E-state index in [4.69, 9.17) is 28.9 Å². The van der Waals surface area contributed by atoms with Crippen molar-refractivity contribution in [3.8, 4) is 0 Å². The van der Waals surface area contributed by atoms with Crippen LogP contribution in [-0.4, -0.2) is 21.8 Å². The highest BCUT2D eigenvalue weighted by Gasteiger charge is 2.33. The van der Waals surface area contributed by atoms with E-state index in [0.717, 1.165) is 5.56 Å². The van der Waals surface area contributed by atoms with Crippen molar-refractivity contribution in [3.63, 3.8) is 0 Å². The zero-order chi connectivity index (χ0) is 24.4. The Morgan fingerprint density at radius 1 is 0.971 bits per heavy atom. The maximum atomic E-state index is 12.9. The molecular formula is C26H23Cl2N3O3. The number of nitrogens with zero attached hydrogens (tertiary/aromatic N) is 1. The number of carbonyl (C=O) groups is 2. The highest BCUT2D eigenvalue weighted by Crippen LogP contribution is 2.38. The third kappa shape index (κ3) is 4.80. The van der Waals surface area contributed by atoms with Gasteiger partial charge >= 0.3 is 0 Å². The Morgan fingerprint density at radius 3 is 2.15 bits per heavy atom. The van der Waals surface area contributed by atoms with E-state index in [0.29, 0.717) is 32.4 Å². The van der Waals surface area contributed by atoms with Crippen LogP contribution in [0.5, 0.6) is 0 Å². The van der Waals surface area contributed by atoms with E-state index in [1.165, 1.54) is 4.90 Å². The Balaban J connectivity index is 1.60. The molecule has 1 heterocycles. The average molecular weight is 496 g/mol. The van der Waals surface area contributed by atoms with Crippen LogP contribution < -0.4 is 11.1 Å². The standard InChI is InChI=1S/C26H23Cl2N3O3/c1-15(16-5-9-18(27)10-6-16)25(33)30-22-4-2-3-21-20(22)13-14-31(26(21)34)23(24(29)32)17-7-11-19(28)12-8-17/h2-15,23,26,34H,1H3,(H2,29,32)(H,30,33)/t15-,23?,26?/m0/s1. The molecule has 2 amide bonds. The van der Waals surface area contributed by atoms with Crippen molar-refractivity contribution in [2.24, 2.45) is 5.73 Å². The molecule has 0 saturated heterocycles. The number of benzene rings is 3. The second kappa shape index (κ2) is 9.89. The number of nitrogens with two attached hydrogens (primary N) is 1. The molecule has 1 aliphatic heterocycles. The summed E-state index contributed by atoms with van der Waals surface area (Å²) in [4.78, 5) is 26.7. The molecule has 6 nitrogen and oxygen atoms in total. The van der Waals surface area contributed by atoms with Crippen LogP contribution in [0.2, 0.25) is 10.0 Å². The van der Waals surface area contributed by atoms with Gasteiger partial charge in [0.2, 0.25) is 11.8 Å². The molecule has 3 atom stereocenters. The average Bonchev–Trinajstić information content (AvgIpc) is 2.82. The van der Waals surface area contributed by atoms with Gasteiger partial charge in [-0.1, -0.05) is 59.6 Å². The van der Waals surface area contributed by atoms with Gasteiger partial charge in [-0.3, -0.25) is 9.59 Å². The molecule has 0 spiro atoms. The molecule has 3 aromatic carbocycles. The van der Waals surface area contributed by atoms with Gasteiger partial charge in [-0.15, -0.1) is 0 Å². The highest BCUT2D eigenvalue weighted by molar-refractivity contribution is 6.30. The summed E-state index contributed by atoms with van der Waals surface area (Å²) in [5.41, 5.74) is 8.88. The Hall–Kier alpha value is -3.32. The van der Waals surface area contributed by atoms with Gasteiger partial charge in [-0.2, -0.15) is 0 Å². The first-order chi connectivity index (χ1) is 16.3. The molecule has 4 rings (SSSR count). The molecular weight excluding hydrogens is 473 g/mol. The first kappa shape index (κ1) is 23.8.